The average molecular weight is 479 g/mol. The van der Waals surface area contributed by atoms with Gasteiger partial charge in [0.2, 0.25) is 11.8 Å². The second kappa shape index (κ2) is 9.17. The molecule has 0 saturated carbocycles. The van der Waals surface area contributed by atoms with Gasteiger partial charge in [-0.1, -0.05) is 47.6 Å². The molecule has 5 nitrogen and oxygen atoms in total. The number of hydrogen-bond acceptors (Lipinski definition) is 5. The van der Waals surface area contributed by atoms with Gasteiger partial charge >= 0.3 is 18.6 Å². The summed E-state index contributed by atoms with van der Waals surface area (Å²) in [5.41, 5.74) is 0.967. The molecule has 2 unspecified atom stereocenters. The van der Waals surface area contributed by atoms with Gasteiger partial charge in [0, 0.05) is 0 Å². The van der Waals surface area contributed by atoms with Crippen molar-refractivity contribution < 1.29 is 52.8 Å². The van der Waals surface area contributed by atoms with E-state index in [4.69, 9.17) is 24.4 Å². The van der Waals surface area contributed by atoms with E-state index < -0.39 is 0 Å². The van der Waals surface area contributed by atoms with Crippen LogP contribution in [0.5, 0.6) is 0 Å². The summed E-state index contributed by atoms with van der Waals surface area (Å²) in [6, 6.07) is 5.80. The number of ether oxygens (including phenoxy) is 2. The quantitative estimate of drug-likeness (QED) is 0.506. The van der Waals surface area contributed by atoms with E-state index in [0.717, 1.165) is 11.4 Å². The van der Waals surface area contributed by atoms with Gasteiger partial charge in [-0.3, -0.25) is 0 Å². The van der Waals surface area contributed by atoms with E-state index in [1.807, 2.05) is 18.2 Å². The summed E-state index contributed by atoms with van der Waals surface area (Å²) in [5, 5.41) is 0. The summed E-state index contributed by atoms with van der Waals surface area (Å²) in [5.74, 6) is 1.20. The van der Waals surface area contributed by atoms with Crippen molar-refractivity contribution in [1.82, 2.24) is 4.98 Å². The summed E-state index contributed by atoms with van der Waals surface area (Å²) in [6.45, 7) is 18.5. The first-order chi connectivity index (χ1) is 11.8. The van der Waals surface area contributed by atoms with Crippen LogP contribution in [-0.2, 0) is 28.0 Å². The van der Waals surface area contributed by atoms with E-state index >= 15 is 0 Å². The maximum absolute atomic E-state index is 5.90. The van der Waals surface area contributed by atoms with Crippen LogP contribution in [0.1, 0.15) is 66.8 Å². The molecule has 8 heteroatoms. The third-order valence-electron chi connectivity index (χ3n) is 6.10. The maximum Gasteiger partial charge on any atom is 2.00 e. The molecule has 0 aliphatic carbocycles. The molecule has 1 aromatic heterocycles. The minimum atomic E-state index is -0.258. The molecule has 0 aromatic carbocycles. The predicted octanol–water partition coefficient (Wildman–Crippen LogP) is -1.75. The van der Waals surface area contributed by atoms with Gasteiger partial charge in [0.15, 0.2) is 0 Å². The van der Waals surface area contributed by atoms with Gasteiger partial charge in [-0.05, 0) is 36.8 Å². The van der Waals surface area contributed by atoms with E-state index in [2.05, 4.69) is 55.4 Å². The van der Waals surface area contributed by atoms with Crippen LogP contribution in [0.2, 0.25) is 0 Å². The third-order valence-corrected chi connectivity index (χ3v) is 6.10. The number of rotatable bonds is 2. The number of nitrogens with zero attached hydrogens (tertiary/aromatic N) is 3. The van der Waals surface area contributed by atoms with Crippen LogP contribution < -0.4 is 24.8 Å². The second-order valence-electron chi connectivity index (χ2n) is 9.87. The molecule has 3 rings (SSSR count). The molecule has 2 atom stereocenters. The first-order valence-electron chi connectivity index (χ1n) is 9.28. The van der Waals surface area contributed by atoms with E-state index in [0.29, 0.717) is 25.0 Å². The van der Waals surface area contributed by atoms with Crippen molar-refractivity contribution in [3.05, 3.63) is 29.6 Å². The fourth-order valence-corrected chi connectivity index (χ4v) is 2.70. The van der Waals surface area contributed by atoms with Crippen LogP contribution in [0.25, 0.3) is 0 Å². The minimum Gasteiger partial charge on any atom is -1.00 e. The van der Waals surface area contributed by atoms with Crippen LogP contribution in [0.4, 0.5) is 0 Å². The zero-order chi connectivity index (χ0) is 19.4. The number of hydrogen-bond donors (Lipinski definition) is 0. The Kier molecular flexibility index (Phi) is 8.94. The molecule has 2 aliphatic rings. The smallest absolute Gasteiger partial charge is 1.00 e. The van der Waals surface area contributed by atoms with Gasteiger partial charge in [-0.2, -0.15) is 0 Å². The van der Waals surface area contributed by atoms with Crippen molar-refractivity contribution >= 4 is 11.8 Å². The molecule has 3 heterocycles. The topological polar surface area (TPSA) is 56.1 Å². The summed E-state index contributed by atoms with van der Waals surface area (Å²) >= 11 is 0. The first-order valence-corrected chi connectivity index (χ1v) is 9.28. The van der Waals surface area contributed by atoms with Crippen LogP contribution in [0, 0.1) is 10.8 Å². The number of pyridine rings is 1. The Hall–Kier alpha value is -0.746. The monoisotopic (exact) mass is 478 g/mol. The molecule has 161 valence electrons. The van der Waals surface area contributed by atoms with Crippen molar-refractivity contribution in [2.75, 3.05) is 13.2 Å². The van der Waals surface area contributed by atoms with E-state index in [1.165, 1.54) is 0 Å². The molecule has 29 heavy (non-hydrogen) atoms. The molecule has 0 fully saturated rings. The van der Waals surface area contributed by atoms with E-state index in [9.17, 15) is 0 Å². The predicted molar refractivity (Wildman–Crippen MR) is 105 cm³/mol. The Morgan fingerprint density at radius 3 is 1.38 bits per heavy atom. The third kappa shape index (κ3) is 5.30. The maximum atomic E-state index is 5.90. The van der Waals surface area contributed by atoms with Crippen LogP contribution in [-0.4, -0.2) is 41.1 Å². The largest absolute Gasteiger partial charge is 2.00 e. The first kappa shape index (κ1) is 28.3. The van der Waals surface area contributed by atoms with Gasteiger partial charge in [0.1, 0.15) is 35.7 Å². The molecular weight excluding hydrogens is 448 g/mol. The van der Waals surface area contributed by atoms with Gasteiger partial charge < -0.3 is 34.3 Å². The van der Waals surface area contributed by atoms with Crippen molar-refractivity contribution in [2.24, 2.45) is 20.8 Å². The summed E-state index contributed by atoms with van der Waals surface area (Å²) in [4.78, 5) is 14.4. The minimum absolute atomic E-state index is 0. The van der Waals surface area contributed by atoms with Crippen LogP contribution >= 0.6 is 0 Å². The fraction of sp³-hybridized carbons (Fsp3) is 0.667. The molecule has 0 N–H and O–H groups in total. The van der Waals surface area contributed by atoms with Crippen molar-refractivity contribution in [2.45, 2.75) is 66.5 Å². The molecular formula is C21H31Cl2N3O2V. The van der Waals surface area contributed by atoms with E-state index in [1.54, 1.807) is 0 Å². The standard InChI is InChI=1S/C21H31N3O2.2ClH.V/c1-18(2,3)20(7)12-25-16(23-20)14-10-9-11-15(22-14)17-24-21(8,13-26-17)19(4,5)6;;;/h9-11H,12-13H2,1-8H3;2*1H;/q;;;+2/p-2. The van der Waals surface area contributed by atoms with Crippen molar-refractivity contribution in [3.8, 4) is 0 Å². The van der Waals surface area contributed by atoms with Gasteiger partial charge in [-0.15, -0.1) is 0 Å². The van der Waals surface area contributed by atoms with Crippen molar-refractivity contribution in [1.29, 1.82) is 0 Å². The van der Waals surface area contributed by atoms with Crippen LogP contribution in [0.3, 0.4) is 0 Å². The molecule has 0 amide bonds. The Morgan fingerprint density at radius 1 is 0.759 bits per heavy atom. The van der Waals surface area contributed by atoms with Crippen LogP contribution in [0.15, 0.2) is 28.2 Å². The fourth-order valence-electron chi connectivity index (χ4n) is 2.70. The van der Waals surface area contributed by atoms with Gasteiger partial charge in [0.25, 0.3) is 0 Å². The number of halogens is 2. The van der Waals surface area contributed by atoms with E-state index in [-0.39, 0.29) is 65.3 Å². The summed E-state index contributed by atoms with van der Waals surface area (Å²) < 4.78 is 11.8. The van der Waals surface area contributed by atoms with Gasteiger partial charge in [0.05, 0.1) is 0 Å². The molecule has 0 saturated heterocycles. The normalized spacial score (nSPS) is 26.1. The second-order valence-corrected chi connectivity index (χ2v) is 9.87. The number of aliphatic imine (C=N–C) groups is 2. The SMILES string of the molecule is CC(C)(C)C1(C)COC(c2cccc(C3=NC(C)(C(C)(C)C)CO3)n2)=N1.[Cl-].[Cl-].[V+2]. The Morgan fingerprint density at radius 2 is 1.10 bits per heavy atom. The Labute approximate surface area is 199 Å². The molecule has 0 bridgehead atoms. The summed E-state index contributed by atoms with van der Waals surface area (Å²) in [7, 11) is 0. The molecule has 1 aromatic rings. The zero-order valence-electron chi connectivity index (χ0n) is 18.5. The average Bonchev–Trinajstić information content (AvgIpc) is 3.12. The van der Waals surface area contributed by atoms with Gasteiger partial charge in [-0.25, -0.2) is 15.0 Å². The molecule has 1 radical (unpaired) electrons. The molecule has 0 spiro atoms. The molecule has 2 aliphatic heterocycles. The summed E-state index contributed by atoms with van der Waals surface area (Å²) in [6.07, 6.45) is 0. The van der Waals surface area contributed by atoms with Crippen molar-refractivity contribution in [3.63, 3.8) is 0 Å². The zero-order valence-corrected chi connectivity index (χ0v) is 21.4. The number of aromatic nitrogens is 1. The Balaban J connectivity index is 0.00000261. The Bertz CT molecular complexity index is 726.